The topological polar surface area (TPSA) is 39.1 Å². The highest BCUT2D eigenvalue weighted by Crippen LogP contribution is 2.26. The number of nitrogens with zero attached hydrogens (tertiary/aromatic N) is 1. The van der Waals surface area contributed by atoms with E-state index in [9.17, 15) is 9.59 Å². The average molecular weight is 271 g/mol. The number of carbonyl (C=O) groups is 2. The van der Waals surface area contributed by atoms with Gasteiger partial charge in [0.2, 0.25) is 5.78 Å². The molecule has 1 aliphatic heterocycles. The normalized spacial score (nSPS) is 17.2. The molecule has 2 aromatic rings. The van der Waals surface area contributed by atoms with Gasteiger partial charge in [-0.2, -0.15) is 0 Å². The molecule has 0 amide bonds. The lowest BCUT2D eigenvalue weighted by atomic mass is 10.1. The fourth-order valence-electron chi connectivity index (χ4n) is 2.54. The van der Waals surface area contributed by atoms with Crippen LogP contribution >= 0.6 is 12.6 Å². The maximum absolute atomic E-state index is 12.4. The molecule has 0 aliphatic carbocycles. The lowest BCUT2D eigenvalue weighted by molar-refractivity contribution is -0.114. The first-order valence-electron chi connectivity index (χ1n) is 6.18. The Morgan fingerprint density at radius 3 is 2.53 bits per heavy atom. The van der Waals surface area contributed by atoms with Crippen molar-refractivity contribution in [1.29, 1.82) is 0 Å². The van der Waals surface area contributed by atoms with Crippen molar-refractivity contribution in [3.63, 3.8) is 0 Å². The standard InChI is InChI=1S/C15H13NO2S/c17-14(10-4-2-1-3-5-10)13-7-6-12-8-11(15(18)19)9-16(12)13/h1-7,11H,8-9H2,(H,18,19). The summed E-state index contributed by atoms with van der Waals surface area (Å²) in [7, 11) is 0. The van der Waals surface area contributed by atoms with Crippen molar-refractivity contribution in [2.45, 2.75) is 13.0 Å². The number of aromatic nitrogens is 1. The lowest BCUT2D eigenvalue weighted by Crippen LogP contribution is -2.14. The van der Waals surface area contributed by atoms with Gasteiger partial charge in [-0.05, 0) is 18.6 Å². The molecular weight excluding hydrogens is 258 g/mol. The third-order valence-corrected chi connectivity index (χ3v) is 3.91. The van der Waals surface area contributed by atoms with E-state index in [0.717, 1.165) is 5.69 Å². The van der Waals surface area contributed by atoms with Gasteiger partial charge in [-0.15, -0.1) is 12.6 Å². The summed E-state index contributed by atoms with van der Waals surface area (Å²) < 4.78 is 1.94. The van der Waals surface area contributed by atoms with Crippen LogP contribution in [0, 0.1) is 5.92 Å². The van der Waals surface area contributed by atoms with E-state index >= 15 is 0 Å². The van der Waals surface area contributed by atoms with Crippen molar-refractivity contribution in [1.82, 2.24) is 4.57 Å². The molecule has 0 spiro atoms. The molecule has 2 heterocycles. The summed E-state index contributed by atoms with van der Waals surface area (Å²) in [5.74, 6) is -0.110. The minimum absolute atomic E-state index is 0.000821. The molecule has 1 aromatic heterocycles. The zero-order chi connectivity index (χ0) is 13.4. The van der Waals surface area contributed by atoms with Crippen LogP contribution in [0.1, 0.15) is 21.7 Å². The maximum Gasteiger partial charge on any atom is 0.209 e. The van der Waals surface area contributed by atoms with Crippen LogP contribution in [-0.4, -0.2) is 15.5 Å². The average Bonchev–Trinajstić information content (AvgIpc) is 2.98. The molecule has 0 saturated carbocycles. The first-order chi connectivity index (χ1) is 9.16. The van der Waals surface area contributed by atoms with Crippen LogP contribution in [0.3, 0.4) is 0 Å². The number of thiol groups is 1. The minimum atomic E-state index is -0.109. The second kappa shape index (κ2) is 4.70. The van der Waals surface area contributed by atoms with Gasteiger partial charge >= 0.3 is 0 Å². The molecule has 1 unspecified atom stereocenters. The predicted octanol–water partition coefficient (Wildman–Crippen LogP) is 2.35. The van der Waals surface area contributed by atoms with Crippen LogP contribution in [0.2, 0.25) is 0 Å². The lowest BCUT2D eigenvalue weighted by Gasteiger charge is -2.07. The van der Waals surface area contributed by atoms with Crippen LogP contribution in [0.25, 0.3) is 0 Å². The van der Waals surface area contributed by atoms with E-state index in [4.69, 9.17) is 0 Å². The number of ketones is 1. The van der Waals surface area contributed by atoms with Crippen LogP contribution in [0.15, 0.2) is 42.5 Å². The Labute approximate surface area is 116 Å². The highest BCUT2D eigenvalue weighted by Gasteiger charge is 2.28. The summed E-state index contributed by atoms with van der Waals surface area (Å²) in [5, 5.41) is -0.109. The van der Waals surface area contributed by atoms with E-state index in [1.165, 1.54) is 0 Å². The summed E-state index contributed by atoms with van der Waals surface area (Å²) in [5.41, 5.74) is 2.36. The van der Waals surface area contributed by atoms with Crippen LogP contribution < -0.4 is 0 Å². The van der Waals surface area contributed by atoms with Gasteiger partial charge in [-0.25, -0.2) is 0 Å². The van der Waals surface area contributed by atoms with Crippen molar-refractivity contribution in [2.75, 3.05) is 0 Å². The number of hydrogen-bond acceptors (Lipinski definition) is 2. The van der Waals surface area contributed by atoms with Gasteiger partial charge in [-0.3, -0.25) is 9.59 Å². The minimum Gasteiger partial charge on any atom is -0.341 e. The van der Waals surface area contributed by atoms with Gasteiger partial charge in [0.1, 0.15) is 0 Å². The van der Waals surface area contributed by atoms with E-state index in [1.807, 2.05) is 34.9 Å². The third kappa shape index (κ3) is 2.12. The number of benzene rings is 1. The van der Waals surface area contributed by atoms with E-state index in [1.54, 1.807) is 12.1 Å². The molecule has 0 saturated heterocycles. The van der Waals surface area contributed by atoms with Crippen LogP contribution in [-0.2, 0) is 17.8 Å². The Morgan fingerprint density at radius 2 is 1.84 bits per heavy atom. The number of fused-ring (bicyclic) bond motifs is 1. The van der Waals surface area contributed by atoms with Gasteiger partial charge in [0.05, 0.1) is 11.6 Å². The molecule has 3 nitrogen and oxygen atoms in total. The van der Waals surface area contributed by atoms with Crippen molar-refractivity contribution < 1.29 is 9.59 Å². The Bertz CT molecular complexity index is 645. The second-order valence-electron chi connectivity index (χ2n) is 4.75. The van der Waals surface area contributed by atoms with E-state index in [0.29, 0.717) is 24.2 Å². The maximum atomic E-state index is 12.4. The summed E-state index contributed by atoms with van der Waals surface area (Å²) in [6.45, 7) is 0.554. The largest absolute Gasteiger partial charge is 0.341 e. The number of carbonyl (C=O) groups excluding carboxylic acids is 2. The molecule has 1 atom stereocenters. The highest BCUT2D eigenvalue weighted by atomic mass is 32.1. The fourth-order valence-corrected chi connectivity index (χ4v) is 2.72. The number of rotatable bonds is 3. The summed E-state index contributed by atoms with van der Waals surface area (Å²) in [4.78, 5) is 23.7. The molecular formula is C15H13NO2S. The molecule has 0 fully saturated rings. The van der Waals surface area contributed by atoms with E-state index < -0.39 is 0 Å². The Morgan fingerprint density at radius 1 is 1.11 bits per heavy atom. The summed E-state index contributed by atoms with van der Waals surface area (Å²) in [6, 6.07) is 12.9. The van der Waals surface area contributed by atoms with Crippen molar-refractivity contribution in [3.8, 4) is 0 Å². The van der Waals surface area contributed by atoms with Gasteiger partial charge in [0.25, 0.3) is 0 Å². The summed E-state index contributed by atoms with van der Waals surface area (Å²) >= 11 is 3.89. The first kappa shape index (κ1) is 12.2. The molecule has 0 bridgehead atoms. The number of hydrogen-bond donors (Lipinski definition) is 1. The molecule has 1 aliphatic rings. The van der Waals surface area contributed by atoms with Crippen molar-refractivity contribution in [2.24, 2.45) is 5.92 Å². The Hall–Kier alpha value is -1.81. The van der Waals surface area contributed by atoms with Crippen LogP contribution in [0.4, 0.5) is 0 Å². The summed E-state index contributed by atoms with van der Waals surface area (Å²) in [6.07, 6.45) is 0.671. The van der Waals surface area contributed by atoms with Gasteiger partial charge in [0.15, 0.2) is 5.12 Å². The third-order valence-electron chi connectivity index (χ3n) is 3.55. The molecule has 0 radical (unpaired) electrons. The van der Waals surface area contributed by atoms with E-state index in [-0.39, 0.29) is 16.8 Å². The van der Waals surface area contributed by atoms with Gasteiger partial charge < -0.3 is 4.57 Å². The van der Waals surface area contributed by atoms with Gasteiger partial charge in [-0.1, -0.05) is 30.3 Å². The van der Waals surface area contributed by atoms with Crippen LogP contribution in [0.5, 0.6) is 0 Å². The quantitative estimate of drug-likeness (QED) is 0.687. The zero-order valence-electron chi connectivity index (χ0n) is 10.2. The second-order valence-corrected chi connectivity index (χ2v) is 5.20. The van der Waals surface area contributed by atoms with Gasteiger partial charge in [0, 0.05) is 17.8 Å². The van der Waals surface area contributed by atoms with Crippen molar-refractivity contribution >= 4 is 23.5 Å². The molecule has 1 aromatic carbocycles. The Balaban J connectivity index is 1.93. The molecule has 19 heavy (non-hydrogen) atoms. The van der Waals surface area contributed by atoms with Crippen molar-refractivity contribution in [3.05, 3.63) is 59.4 Å². The van der Waals surface area contributed by atoms with E-state index in [2.05, 4.69) is 12.6 Å². The molecule has 4 heteroatoms. The smallest absolute Gasteiger partial charge is 0.209 e. The molecule has 3 rings (SSSR count). The zero-order valence-corrected chi connectivity index (χ0v) is 11.1. The highest BCUT2D eigenvalue weighted by molar-refractivity contribution is 7.96. The molecule has 96 valence electrons. The molecule has 0 N–H and O–H groups in total. The predicted molar refractivity (Wildman–Crippen MR) is 75.5 cm³/mol. The fraction of sp³-hybridized carbons (Fsp3) is 0.200. The monoisotopic (exact) mass is 271 g/mol. The first-order valence-corrected chi connectivity index (χ1v) is 6.62. The Kier molecular flexibility index (Phi) is 3.03. The SMILES string of the molecule is O=C(c1ccccc1)c1ccc2n1CC(C(=O)S)C2.